The van der Waals surface area contributed by atoms with Crippen LogP contribution in [0.1, 0.15) is 36.8 Å². The summed E-state index contributed by atoms with van der Waals surface area (Å²) in [5.74, 6) is -0.183. The molecular formula is C20H26N4O2S. The van der Waals surface area contributed by atoms with Gasteiger partial charge in [-0.1, -0.05) is 24.6 Å². The van der Waals surface area contributed by atoms with Crippen molar-refractivity contribution in [3.8, 4) is 11.6 Å². The van der Waals surface area contributed by atoms with E-state index in [0.717, 1.165) is 24.2 Å². The van der Waals surface area contributed by atoms with Crippen molar-refractivity contribution >= 4 is 18.4 Å². The van der Waals surface area contributed by atoms with Crippen LogP contribution in [0.5, 0.6) is 5.88 Å². The van der Waals surface area contributed by atoms with E-state index in [0.29, 0.717) is 6.54 Å². The van der Waals surface area contributed by atoms with Gasteiger partial charge in [-0.05, 0) is 69.7 Å². The molecule has 2 N–H and O–H groups in total. The fourth-order valence-corrected chi connectivity index (χ4v) is 3.69. The summed E-state index contributed by atoms with van der Waals surface area (Å²) in [5.41, 5.74) is 1.38. The van der Waals surface area contributed by atoms with Gasteiger partial charge in [-0.15, -0.1) is 0 Å². The fraction of sp³-hybridized carbons (Fsp3) is 0.450. The number of H-pyrrole nitrogens is 1. The molecule has 3 rings (SSSR count). The van der Waals surface area contributed by atoms with E-state index in [-0.39, 0.29) is 16.2 Å². The van der Waals surface area contributed by atoms with Crippen molar-refractivity contribution in [2.24, 2.45) is 4.99 Å². The van der Waals surface area contributed by atoms with Gasteiger partial charge in [-0.2, -0.15) is 0 Å². The number of aromatic amines is 1. The van der Waals surface area contributed by atoms with Crippen LogP contribution in [0, 0.1) is 11.7 Å². The van der Waals surface area contributed by atoms with Gasteiger partial charge in [0.1, 0.15) is 5.56 Å². The smallest absolute Gasteiger partial charge is 0.264 e. The molecule has 0 atom stereocenters. The second-order valence-corrected chi connectivity index (χ2v) is 7.30. The number of nitrogens with one attached hydrogen (secondary N) is 1. The molecule has 1 aromatic heterocycles. The Morgan fingerprint density at radius 2 is 2.00 bits per heavy atom. The average molecular weight is 387 g/mol. The highest BCUT2D eigenvalue weighted by atomic mass is 32.1. The van der Waals surface area contributed by atoms with Crippen LogP contribution in [0.3, 0.4) is 0 Å². The van der Waals surface area contributed by atoms with Gasteiger partial charge in [0.15, 0.2) is 4.77 Å². The molecule has 0 radical (unpaired) electrons. The Balaban J connectivity index is 1.75. The SMILES string of the molecule is Cc1ccccc1-n1c(O)c(C=NCCCN2CCCCC2)c(=O)[nH]c1=S. The van der Waals surface area contributed by atoms with Crippen LogP contribution in [0.25, 0.3) is 5.69 Å². The highest BCUT2D eigenvalue weighted by molar-refractivity contribution is 7.71. The van der Waals surface area contributed by atoms with Crippen molar-refractivity contribution in [2.75, 3.05) is 26.2 Å². The molecule has 0 bridgehead atoms. The summed E-state index contributed by atoms with van der Waals surface area (Å²) in [5, 5.41) is 10.7. The van der Waals surface area contributed by atoms with E-state index in [1.54, 1.807) is 0 Å². The molecule has 1 aliphatic heterocycles. The lowest BCUT2D eigenvalue weighted by atomic mass is 10.1. The quantitative estimate of drug-likeness (QED) is 0.454. The number of hydrogen-bond acceptors (Lipinski definition) is 5. The first-order chi connectivity index (χ1) is 13.1. The summed E-state index contributed by atoms with van der Waals surface area (Å²) in [6, 6.07) is 7.55. The van der Waals surface area contributed by atoms with Gasteiger partial charge in [0, 0.05) is 12.8 Å². The molecule has 1 aliphatic rings. The van der Waals surface area contributed by atoms with Crippen molar-refractivity contribution in [3.05, 3.63) is 50.5 Å². The van der Waals surface area contributed by atoms with Gasteiger partial charge in [-0.25, -0.2) is 0 Å². The fourth-order valence-electron chi connectivity index (χ4n) is 3.42. The van der Waals surface area contributed by atoms with Gasteiger partial charge in [0.2, 0.25) is 5.88 Å². The molecule has 1 aromatic carbocycles. The number of aromatic hydroxyl groups is 1. The lowest BCUT2D eigenvalue weighted by Gasteiger charge is -2.25. The van der Waals surface area contributed by atoms with E-state index in [2.05, 4.69) is 14.9 Å². The molecule has 0 amide bonds. The third kappa shape index (κ3) is 4.73. The number of benzene rings is 1. The van der Waals surface area contributed by atoms with Crippen LogP contribution >= 0.6 is 12.2 Å². The summed E-state index contributed by atoms with van der Waals surface area (Å²) >= 11 is 5.25. The maximum atomic E-state index is 12.2. The molecule has 7 heteroatoms. The maximum absolute atomic E-state index is 12.2. The number of aromatic nitrogens is 2. The molecule has 0 unspecified atom stereocenters. The molecule has 2 aromatic rings. The topological polar surface area (TPSA) is 73.6 Å². The Labute approximate surface area is 164 Å². The summed E-state index contributed by atoms with van der Waals surface area (Å²) in [4.78, 5) is 21.7. The van der Waals surface area contributed by atoms with Crippen LogP contribution in [0.15, 0.2) is 34.1 Å². The Bertz CT molecular complexity index is 926. The first-order valence-electron chi connectivity index (χ1n) is 9.44. The minimum Gasteiger partial charge on any atom is -0.494 e. The highest BCUT2D eigenvalue weighted by Gasteiger charge is 2.14. The number of nitrogens with zero attached hydrogens (tertiary/aromatic N) is 3. The third-order valence-electron chi connectivity index (χ3n) is 4.91. The number of aliphatic imine (C=N–C) groups is 1. The van der Waals surface area contributed by atoms with Gasteiger partial charge < -0.3 is 10.0 Å². The van der Waals surface area contributed by atoms with Crippen LogP contribution < -0.4 is 5.56 Å². The van der Waals surface area contributed by atoms with Crippen LogP contribution in [-0.4, -0.2) is 52.0 Å². The van der Waals surface area contributed by atoms with E-state index in [1.807, 2.05) is 31.2 Å². The van der Waals surface area contributed by atoms with E-state index in [9.17, 15) is 9.90 Å². The first kappa shape index (κ1) is 19.5. The zero-order valence-electron chi connectivity index (χ0n) is 15.6. The van der Waals surface area contributed by atoms with E-state index >= 15 is 0 Å². The lowest BCUT2D eigenvalue weighted by Crippen LogP contribution is -2.30. The van der Waals surface area contributed by atoms with Gasteiger partial charge in [-0.3, -0.25) is 19.3 Å². The summed E-state index contributed by atoms with van der Waals surface area (Å²) in [7, 11) is 0. The highest BCUT2D eigenvalue weighted by Crippen LogP contribution is 2.21. The number of rotatable bonds is 6. The molecule has 2 heterocycles. The van der Waals surface area contributed by atoms with Crippen molar-refractivity contribution in [3.63, 3.8) is 0 Å². The van der Waals surface area contributed by atoms with Crippen LogP contribution in [-0.2, 0) is 0 Å². The second-order valence-electron chi connectivity index (χ2n) is 6.91. The van der Waals surface area contributed by atoms with Crippen LogP contribution in [0.2, 0.25) is 0 Å². The van der Waals surface area contributed by atoms with E-state index in [4.69, 9.17) is 12.2 Å². The van der Waals surface area contributed by atoms with E-state index < -0.39 is 5.56 Å². The Kier molecular flexibility index (Phi) is 6.58. The molecular weight excluding hydrogens is 360 g/mol. The number of piperidine rings is 1. The van der Waals surface area contributed by atoms with Crippen molar-refractivity contribution in [1.82, 2.24) is 14.5 Å². The Morgan fingerprint density at radius 1 is 1.26 bits per heavy atom. The average Bonchev–Trinajstić information content (AvgIpc) is 2.66. The molecule has 1 saturated heterocycles. The zero-order chi connectivity index (χ0) is 19.2. The Hall–Kier alpha value is -2.25. The molecule has 0 aliphatic carbocycles. The largest absolute Gasteiger partial charge is 0.494 e. The number of para-hydroxylation sites is 1. The number of aryl methyl sites for hydroxylation is 1. The third-order valence-corrected chi connectivity index (χ3v) is 5.19. The van der Waals surface area contributed by atoms with Crippen LogP contribution in [0.4, 0.5) is 0 Å². The minimum absolute atomic E-state index is 0.129. The van der Waals surface area contributed by atoms with Gasteiger partial charge in [0.05, 0.1) is 5.69 Å². The normalized spacial score (nSPS) is 15.4. The van der Waals surface area contributed by atoms with E-state index in [1.165, 1.54) is 43.1 Å². The standard InChI is InChI=1S/C20H26N4O2S/c1-15-8-3-4-9-17(15)24-19(26)16(18(25)22-20(24)27)14-21-10-7-13-23-11-5-2-6-12-23/h3-4,8-9,14,26H,2,5-7,10-13H2,1H3,(H,22,25,27). The maximum Gasteiger partial charge on any atom is 0.264 e. The number of likely N-dealkylation sites (tertiary alicyclic amines) is 1. The minimum atomic E-state index is -0.429. The van der Waals surface area contributed by atoms with Crippen molar-refractivity contribution < 1.29 is 5.11 Å². The molecule has 6 nitrogen and oxygen atoms in total. The first-order valence-corrected chi connectivity index (χ1v) is 9.85. The molecule has 0 spiro atoms. The number of hydrogen-bond donors (Lipinski definition) is 2. The lowest BCUT2D eigenvalue weighted by molar-refractivity contribution is 0.228. The van der Waals surface area contributed by atoms with Crippen molar-refractivity contribution in [1.29, 1.82) is 0 Å². The molecule has 0 saturated carbocycles. The molecule has 27 heavy (non-hydrogen) atoms. The Morgan fingerprint density at radius 3 is 2.74 bits per heavy atom. The second kappa shape index (κ2) is 9.10. The zero-order valence-corrected chi connectivity index (χ0v) is 16.5. The molecule has 144 valence electrons. The monoisotopic (exact) mass is 386 g/mol. The summed E-state index contributed by atoms with van der Waals surface area (Å²) in [6.45, 7) is 5.90. The summed E-state index contributed by atoms with van der Waals surface area (Å²) < 4.78 is 1.63. The predicted molar refractivity (Wildman–Crippen MR) is 111 cm³/mol. The van der Waals surface area contributed by atoms with Gasteiger partial charge in [0.25, 0.3) is 5.56 Å². The predicted octanol–water partition coefficient (Wildman–Crippen LogP) is 3.20. The van der Waals surface area contributed by atoms with Gasteiger partial charge >= 0.3 is 0 Å². The van der Waals surface area contributed by atoms with Crippen molar-refractivity contribution in [2.45, 2.75) is 32.6 Å². The summed E-state index contributed by atoms with van der Waals surface area (Å²) in [6.07, 6.45) is 6.27. The molecule has 1 fully saturated rings.